The van der Waals surface area contributed by atoms with Crippen LogP contribution in [0.25, 0.3) is 0 Å². The maximum atomic E-state index is 12.0. The lowest BCUT2D eigenvalue weighted by Gasteiger charge is -2.24. The van der Waals surface area contributed by atoms with Crippen molar-refractivity contribution in [3.05, 3.63) is 35.9 Å². The summed E-state index contributed by atoms with van der Waals surface area (Å²) >= 11 is 0. The lowest BCUT2D eigenvalue weighted by Crippen LogP contribution is -2.48. The van der Waals surface area contributed by atoms with Crippen molar-refractivity contribution >= 4 is 10.0 Å². The van der Waals surface area contributed by atoms with Gasteiger partial charge in [0.1, 0.15) is 0 Å². The lowest BCUT2D eigenvalue weighted by molar-refractivity contribution is 0.518. The van der Waals surface area contributed by atoms with Crippen molar-refractivity contribution in [1.82, 2.24) is 4.72 Å². The van der Waals surface area contributed by atoms with Gasteiger partial charge in [0.05, 0.1) is 4.75 Å². The first kappa shape index (κ1) is 15.1. The fourth-order valence-corrected chi connectivity index (χ4v) is 2.44. The molecule has 3 N–H and O–H groups in total. The summed E-state index contributed by atoms with van der Waals surface area (Å²) in [7, 11) is -3.36. The Bertz CT molecular complexity index is 464. The van der Waals surface area contributed by atoms with Crippen LogP contribution in [-0.4, -0.2) is 25.8 Å². The van der Waals surface area contributed by atoms with E-state index in [2.05, 4.69) is 4.72 Å². The van der Waals surface area contributed by atoms with E-state index < -0.39 is 14.8 Å². The average Bonchev–Trinajstić information content (AvgIpc) is 2.27. The van der Waals surface area contributed by atoms with E-state index in [0.717, 1.165) is 5.56 Å². The highest BCUT2D eigenvalue weighted by Gasteiger charge is 2.30. The molecule has 102 valence electrons. The van der Waals surface area contributed by atoms with Gasteiger partial charge in [0.2, 0.25) is 10.0 Å². The maximum absolute atomic E-state index is 12.0. The first-order chi connectivity index (χ1) is 8.26. The number of nitrogens with one attached hydrogen (secondary N) is 1. The van der Waals surface area contributed by atoms with Gasteiger partial charge in [-0.2, -0.15) is 0 Å². The van der Waals surface area contributed by atoms with Crippen LogP contribution >= 0.6 is 0 Å². The van der Waals surface area contributed by atoms with E-state index in [1.807, 2.05) is 30.3 Å². The van der Waals surface area contributed by atoms with Crippen LogP contribution in [0.3, 0.4) is 0 Å². The molecule has 0 amide bonds. The molecule has 0 saturated carbocycles. The van der Waals surface area contributed by atoms with Gasteiger partial charge in [0.15, 0.2) is 0 Å². The van der Waals surface area contributed by atoms with Gasteiger partial charge >= 0.3 is 0 Å². The molecule has 4 nitrogen and oxygen atoms in total. The first-order valence-corrected chi connectivity index (χ1v) is 7.50. The number of hydrogen-bond acceptors (Lipinski definition) is 3. The molecule has 0 heterocycles. The summed E-state index contributed by atoms with van der Waals surface area (Å²) in [5, 5.41) is 0. The monoisotopic (exact) mass is 270 g/mol. The van der Waals surface area contributed by atoms with Crippen LogP contribution in [0.2, 0.25) is 0 Å². The zero-order valence-electron chi connectivity index (χ0n) is 11.2. The van der Waals surface area contributed by atoms with E-state index in [1.165, 1.54) is 0 Å². The largest absolute Gasteiger partial charge is 0.329 e. The zero-order chi connectivity index (χ0) is 13.8. The van der Waals surface area contributed by atoms with Crippen molar-refractivity contribution in [1.29, 1.82) is 0 Å². The third-order valence-corrected chi connectivity index (χ3v) is 4.99. The Morgan fingerprint density at radius 1 is 1.22 bits per heavy atom. The van der Waals surface area contributed by atoms with Gasteiger partial charge in [0, 0.05) is 12.6 Å². The molecule has 0 saturated heterocycles. The molecule has 0 aliphatic heterocycles. The summed E-state index contributed by atoms with van der Waals surface area (Å²) in [6.07, 6.45) is 0.604. The predicted octanol–water partition coefficient (Wildman–Crippen LogP) is 1.27. The highest BCUT2D eigenvalue weighted by molar-refractivity contribution is 7.90. The van der Waals surface area contributed by atoms with Crippen LogP contribution in [0.5, 0.6) is 0 Å². The Hall–Kier alpha value is -0.910. The average molecular weight is 270 g/mol. The molecule has 1 rings (SSSR count). The molecule has 0 fully saturated rings. The number of hydrogen-bond donors (Lipinski definition) is 2. The van der Waals surface area contributed by atoms with Crippen molar-refractivity contribution in [2.24, 2.45) is 5.73 Å². The van der Waals surface area contributed by atoms with Crippen LogP contribution in [0.4, 0.5) is 0 Å². The van der Waals surface area contributed by atoms with E-state index in [1.54, 1.807) is 20.8 Å². The van der Waals surface area contributed by atoms with E-state index in [4.69, 9.17) is 5.73 Å². The lowest BCUT2D eigenvalue weighted by atomic mass is 10.1. The summed E-state index contributed by atoms with van der Waals surface area (Å²) in [5.74, 6) is 0. The van der Waals surface area contributed by atoms with Crippen molar-refractivity contribution in [2.75, 3.05) is 6.54 Å². The maximum Gasteiger partial charge on any atom is 0.216 e. The quantitative estimate of drug-likeness (QED) is 0.846. The van der Waals surface area contributed by atoms with Gasteiger partial charge in [-0.3, -0.25) is 0 Å². The molecule has 0 aliphatic carbocycles. The normalized spacial score (nSPS) is 14.4. The Morgan fingerprint density at radius 3 is 2.22 bits per heavy atom. The second-order valence-electron chi connectivity index (χ2n) is 5.36. The van der Waals surface area contributed by atoms with Crippen molar-refractivity contribution in [3.63, 3.8) is 0 Å². The minimum absolute atomic E-state index is 0.267. The van der Waals surface area contributed by atoms with Gasteiger partial charge in [-0.15, -0.1) is 0 Å². The smallest absolute Gasteiger partial charge is 0.216 e. The molecular formula is C13H22N2O2S. The van der Waals surface area contributed by atoms with Crippen molar-refractivity contribution in [2.45, 2.75) is 38.0 Å². The summed E-state index contributed by atoms with van der Waals surface area (Å²) in [5.41, 5.74) is 6.72. The Balaban J connectivity index is 2.75. The van der Waals surface area contributed by atoms with E-state index >= 15 is 0 Å². The molecule has 0 bridgehead atoms. The second-order valence-corrected chi connectivity index (χ2v) is 7.82. The van der Waals surface area contributed by atoms with Crippen LogP contribution < -0.4 is 10.5 Å². The molecule has 18 heavy (non-hydrogen) atoms. The van der Waals surface area contributed by atoms with E-state index in [-0.39, 0.29) is 12.6 Å². The number of sulfonamides is 1. The van der Waals surface area contributed by atoms with Gasteiger partial charge in [-0.05, 0) is 32.8 Å². The standard InChI is InChI=1S/C13H22N2O2S/c1-13(2,3)18(16,17)15-12(10-14)9-11-7-5-4-6-8-11/h4-8,12,15H,9-10,14H2,1-3H3. The van der Waals surface area contributed by atoms with Crippen molar-refractivity contribution < 1.29 is 8.42 Å². The minimum Gasteiger partial charge on any atom is -0.329 e. The third-order valence-electron chi connectivity index (χ3n) is 2.74. The van der Waals surface area contributed by atoms with E-state index in [9.17, 15) is 8.42 Å². The highest BCUT2D eigenvalue weighted by Crippen LogP contribution is 2.14. The summed E-state index contributed by atoms with van der Waals surface area (Å²) < 4.78 is 25.9. The SMILES string of the molecule is CC(C)(C)S(=O)(=O)NC(CN)Cc1ccccc1. The molecule has 0 aromatic heterocycles. The molecule has 0 spiro atoms. The zero-order valence-corrected chi connectivity index (χ0v) is 12.0. The Kier molecular flexibility index (Phi) is 4.90. The van der Waals surface area contributed by atoms with Gasteiger partial charge in [-0.1, -0.05) is 30.3 Å². The fraction of sp³-hybridized carbons (Fsp3) is 0.538. The van der Waals surface area contributed by atoms with Gasteiger partial charge < -0.3 is 5.73 Å². The third kappa shape index (κ3) is 4.08. The van der Waals surface area contributed by atoms with Crippen LogP contribution in [-0.2, 0) is 16.4 Å². The Labute approximate surface area is 110 Å². The fourth-order valence-electron chi connectivity index (χ4n) is 1.47. The van der Waals surface area contributed by atoms with Gasteiger partial charge in [-0.25, -0.2) is 13.1 Å². The first-order valence-electron chi connectivity index (χ1n) is 6.02. The summed E-state index contributed by atoms with van der Waals surface area (Å²) in [4.78, 5) is 0. The minimum atomic E-state index is -3.36. The number of rotatable bonds is 5. The predicted molar refractivity (Wildman–Crippen MR) is 74.8 cm³/mol. The van der Waals surface area contributed by atoms with Crippen molar-refractivity contribution in [3.8, 4) is 0 Å². The van der Waals surface area contributed by atoms with Crippen LogP contribution in [0.15, 0.2) is 30.3 Å². The van der Waals surface area contributed by atoms with Gasteiger partial charge in [0.25, 0.3) is 0 Å². The summed E-state index contributed by atoms with van der Waals surface area (Å²) in [6, 6.07) is 9.46. The molecule has 0 radical (unpaired) electrons. The highest BCUT2D eigenvalue weighted by atomic mass is 32.2. The number of nitrogens with two attached hydrogens (primary N) is 1. The molecular weight excluding hydrogens is 248 g/mol. The van der Waals surface area contributed by atoms with Crippen LogP contribution in [0, 0.1) is 0 Å². The molecule has 1 aromatic carbocycles. The Morgan fingerprint density at radius 2 is 1.78 bits per heavy atom. The second kappa shape index (κ2) is 5.82. The topological polar surface area (TPSA) is 72.2 Å². The molecule has 1 unspecified atom stereocenters. The van der Waals surface area contributed by atoms with E-state index in [0.29, 0.717) is 6.42 Å². The summed E-state index contributed by atoms with van der Waals surface area (Å²) in [6.45, 7) is 5.30. The molecule has 5 heteroatoms. The molecule has 0 aliphatic rings. The molecule has 1 aromatic rings. The number of benzene rings is 1. The molecule has 1 atom stereocenters. The van der Waals surface area contributed by atoms with Crippen LogP contribution in [0.1, 0.15) is 26.3 Å².